The number of carbonyl (C=O) groups is 3. The Balaban J connectivity index is 3.90. The highest BCUT2D eigenvalue weighted by atomic mass is 16.5. The van der Waals surface area contributed by atoms with E-state index in [1.54, 1.807) is 0 Å². The number of nitrogens with one attached hydrogen (secondary N) is 2. The number of carboxylic acid groups (broad SMARTS) is 1. The van der Waals surface area contributed by atoms with Gasteiger partial charge in [-0.2, -0.15) is 0 Å². The van der Waals surface area contributed by atoms with Crippen LogP contribution in [-0.2, 0) is 14.3 Å². The topological polar surface area (TPSA) is 114 Å². The molecule has 0 aromatic heterocycles. The van der Waals surface area contributed by atoms with Crippen molar-refractivity contribution in [3.05, 3.63) is 0 Å². The van der Waals surface area contributed by atoms with E-state index in [4.69, 9.17) is 5.11 Å². The summed E-state index contributed by atoms with van der Waals surface area (Å²) >= 11 is 0. The standard InChI is InChI=1S/C9H16N2O6/c1-16-8(14)10-5-3-4-6(7(12)13)11-9(15)17-2/h6H,3-5H2,1-2H3,(H,10,14)(H,11,15)(H,12,13). The van der Waals surface area contributed by atoms with Crippen LogP contribution in [0.1, 0.15) is 12.8 Å². The summed E-state index contributed by atoms with van der Waals surface area (Å²) in [5.41, 5.74) is 0. The SMILES string of the molecule is COC(=O)NCCCC(NC(=O)OC)C(=O)O. The van der Waals surface area contributed by atoms with E-state index in [1.807, 2.05) is 0 Å². The third-order valence-electron chi connectivity index (χ3n) is 1.90. The number of carbonyl (C=O) groups excluding carboxylic acids is 2. The summed E-state index contributed by atoms with van der Waals surface area (Å²) in [5.74, 6) is -1.16. The fourth-order valence-electron chi connectivity index (χ4n) is 1.03. The molecular weight excluding hydrogens is 232 g/mol. The number of hydrogen-bond acceptors (Lipinski definition) is 5. The van der Waals surface area contributed by atoms with Gasteiger partial charge in [-0.25, -0.2) is 14.4 Å². The van der Waals surface area contributed by atoms with Crippen molar-refractivity contribution in [3.8, 4) is 0 Å². The number of amides is 2. The Morgan fingerprint density at radius 1 is 1.18 bits per heavy atom. The summed E-state index contributed by atoms with van der Waals surface area (Å²) in [5, 5.41) is 13.3. The third-order valence-corrected chi connectivity index (χ3v) is 1.90. The van der Waals surface area contributed by atoms with E-state index in [0.29, 0.717) is 6.42 Å². The molecule has 0 saturated carbocycles. The summed E-state index contributed by atoms with van der Waals surface area (Å²) in [6.45, 7) is 0.263. The molecule has 8 heteroatoms. The molecule has 0 aliphatic heterocycles. The van der Waals surface area contributed by atoms with E-state index >= 15 is 0 Å². The predicted octanol–water partition coefficient (Wildman–Crippen LogP) is -0.0682. The molecule has 1 atom stereocenters. The monoisotopic (exact) mass is 248 g/mol. The van der Waals surface area contributed by atoms with Crippen LogP contribution in [0.15, 0.2) is 0 Å². The molecule has 0 spiro atoms. The maximum atomic E-state index is 10.8. The lowest BCUT2D eigenvalue weighted by atomic mass is 10.1. The number of ether oxygens (including phenoxy) is 2. The molecule has 3 N–H and O–H groups in total. The molecule has 17 heavy (non-hydrogen) atoms. The van der Waals surface area contributed by atoms with Gasteiger partial charge in [0, 0.05) is 6.54 Å². The van der Waals surface area contributed by atoms with Gasteiger partial charge >= 0.3 is 18.2 Å². The molecule has 0 radical (unpaired) electrons. The highest BCUT2D eigenvalue weighted by molar-refractivity contribution is 5.79. The first-order valence-corrected chi connectivity index (χ1v) is 4.90. The molecule has 8 nitrogen and oxygen atoms in total. The van der Waals surface area contributed by atoms with Crippen LogP contribution in [0.3, 0.4) is 0 Å². The van der Waals surface area contributed by atoms with Crippen LogP contribution in [0.2, 0.25) is 0 Å². The maximum Gasteiger partial charge on any atom is 0.407 e. The zero-order valence-corrected chi connectivity index (χ0v) is 9.69. The lowest BCUT2D eigenvalue weighted by Gasteiger charge is -2.13. The third kappa shape index (κ3) is 6.98. The molecule has 0 fully saturated rings. The predicted molar refractivity (Wildman–Crippen MR) is 56.6 cm³/mol. The van der Waals surface area contributed by atoms with Gasteiger partial charge in [0.2, 0.25) is 0 Å². The van der Waals surface area contributed by atoms with Gasteiger partial charge in [-0.1, -0.05) is 0 Å². The molecule has 0 aliphatic carbocycles. The molecule has 2 amide bonds. The average Bonchev–Trinajstić information content (AvgIpc) is 2.31. The second kappa shape index (κ2) is 8.20. The first kappa shape index (κ1) is 15.0. The van der Waals surface area contributed by atoms with Crippen molar-refractivity contribution in [2.75, 3.05) is 20.8 Å². The number of rotatable bonds is 6. The second-order valence-electron chi connectivity index (χ2n) is 3.09. The van der Waals surface area contributed by atoms with Crippen LogP contribution in [0.5, 0.6) is 0 Å². The summed E-state index contributed by atoms with van der Waals surface area (Å²) in [4.78, 5) is 32.3. The highest BCUT2D eigenvalue weighted by Gasteiger charge is 2.19. The molecule has 0 aliphatic rings. The zero-order chi connectivity index (χ0) is 13.3. The first-order valence-electron chi connectivity index (χ1n) is 4.90. The van der Waals surface area contributed by atoms with E-state index in [2.05, 4.69) is 20.1 Å². The van der Waals surface area contributed by atoms with E-state index in [0.717, 1.165) is 7.11 Å². The van der Waals surface area contributed by atoms with Crippen LogP contribution < -0.4 is 10.6 Å². The summed E-state index contributed by atoms with van der Waals surface area (Å²) in [7, 11) is 2.38. The van der Waals surface area contributed by atoms with Crippen molar-refractivity contribution in [1.29, 1.82) is 0 Å². The Hall–Kier alpha value is -1.99. The molecule has 0 saturated heterocycles. The number of hydrogen-bond donors (Lipinski definition) is 3. The van der Waals surface area contributed by atoms with Crippen molar-refractivity contribution >= 4 is 18.2 Å². The van der Waals surface area contributed by atoms with Crippen molar-refractivity contribution < 1.29 is 29.0 Å². The lowest BCUT2D eigenvalue weighted by Crippen LogP contribution is -2.41. The molecule has 0 bridgehead atoms. The highest BCUT2D eigenvalue weighted by Crippen LogP contribution is 1.97. The second-order valence-corrected chi connectivity index (χ2v) is 3.09. The first-order chi connectivity index (χ1) is 8.01. The van der Waals surface area contributed by atoms with E-state index < -0.39 is 24.2 Å². The van der Waals surface area contributed by atoms with Gasteiger partial charge < -0.3 is 25.2 Å². The van der Waals surface area contributed by atoms with Gasteiger partial charge in [-0.05, 0) is 12.8 Å². The van der Waals surface area contributed by atoms with Crippen LogP contribution in [0.25, 0.3) is 0 Å². The van der Waals surface area contributed by atoms with Crippen molar-refractivity contribution in [2.24, 2.45) is 0 Å². The van der Waals surface area contributed by atoms with Crippen LogP contribution in [0, 0.1) is 0 Å². The van der Waals surface area contributed by atoms with E-state index in [-0.39, 0.29) is 13.0 Å². The number of carboxylic acids is 1. The van der Waals surface area contributed by atoms with Crippen molar-refractivity contribution in [3.63, 3.8) is 0 Å². The molecule has 0 rings (SSSR count). The smallest absolute Gasteiger partial charge is 0.407 e. The molecule has 98 valence electrons. The van der Waals surface area contributed by atoms with E-state index in [9.17, 15) is 14.4 Å². The van der Waals surface area contributed by atoms with Gasteiger partial charge in [0.15, 0.2) is 0 Å². The number of methoxy groups -OCH3 is 2. The summed E-state index contributed by atoms with van der Waals surface area (Å²) in [6, 6.07) is -1.04. The molecular formula is C9H16N2O6. The Morgan fingerprint density at radius 2 is 1.76 bits per heavy atom. The average molecular weight is 248 g/mol. The minimum Gasteiger partial charge on any atom is -0.480 e. The number of alkyl carbamates (subject to hydrolysis) is 2. The molecule has 0 aromatic carbocycles. The van der Waals surface area contributed by atoms with Gasteiger partial charge in [0.05, 0.1) is 14.2 Å². The lowest BCUT2D eigenvalue weighted by molar-refractivity contribution is -0.139. The van der Waals surface area contributed by atoms with Crippen LogP contribution in [-0.4, -0.2) is 50.1 Å². The van der Waals surface area contributed by atoms with Gasteiger partial charge in [-0.3, -0.25) is 0 Å². The quantitative estimate of drug-likeness (QED) is 0.567. The van der Waals surface area contributed by atoms with Crippen molar-refractivity contribution in [2.45, 2.75) is 18.9 Å². The molecule has 0 heterocycles. The largest absolute Gasteiger partial charge is 0.480 e. The minimum atomic E-state index is -1.16. The van der Waals surface area contributed by atoms with Gasteiger partial charge in [-0.15, -0.1) is 0 Å². The fourth-order valence-corrected chi connectivity index (χ4v) is 1.03. The van der Waals surface area contributed by atoms with Gasteiger partial charge in [0.1, 0.15) is 6.04 Å². The molecule has 0 aromatic rings. The summed E-state index contributed by atoms with van der Waals surface area (Å²) < 4.78 is 8.62. The van der Waals surface area contributed by atoms with Crippen LogP contribution >= 0.6 is 0 Å². The fraction of sp³-hybridized carbons (Fsp3) is 0.667. The van der Waals surface area contributed by atoms with E-state index in [1.165, 1.54) is 7.11 Å². The Labute approximate surface area is 98.3 Å². The van der Waals surface area contributed by atoms with Gasteiger partial charge in [0.25, 0.3) is 0 Å². The number of aliphatic carboxylic acids is 1. The Morgan fingerprint density at radius 3 is 2.24 bits per heavy atom. The van der Waals surface area contributed by atoms with Crippen LogP contribution in [0.4, 0.5) is 9.59 Å². The normalized spacial score (nSPS) is 11.2. The molecule has 1 unspecified atom stereocenters. The summed E-state index contributed by atoms with van der Waals surface area (Å²) in [6.07, 6.45) is -0.832. The zero-order valence-electron chi connectivity index (χ0n) is 9.69. The Bertz CT molecular complexity index is 281. The minimum absolute atomic E-state index is 0.175. The Kier molecular flexibility index (Phi) is 7.24. The van der Waals surface area contributed by atoms with Crippen molar-refractivity contribution in [1.82, 2.24) is 10.6 Å². The maximum absolute atomic E-state index is 10.8.